The molecule has 0 atom stereocenters. The van der Waals surface area contributed by atoms with Crippen molar-refractivity contribution in [1.29, 1.82) is 0 Å². The van der Waals surface area contributed by atoms with Crippen LogP contribution in [0.2, 0.25) is 0 Å². The van der Waals surface area contributed by atoms with Crippen molar-refractivity contribution >= 4 is 41.6 Å². The average Bonchev–Trinajstić information content (AvgIpc) is 3.12. The van der Waals surface area contributed by atoms with Crippen LogP contribution < -0.4 is 20.4 Å². The lowest BCUT2D eigenvalue weighted by Crippen LogP contribution is -2.48. The number of hydrogen-bond donors (Lipinski definition) is 2. The molecule has 0 unspecified atom stereocenters. The highest BCUT2D eigenvalue weighted by molar-refractivity contribution is 14.0. The van der Waals surface area contributed by atoms with E-state index in [9.17, 15) is 0 Å². The Balaban J connectivity index is 0.00000306. The van der Waals surface area contributed by atoms with Crippen LogP contribution in [0, 0.1) is 6.92 Å². The van der Waals surface area contributed by atoms with E-state index in [1.165, 1.54) is 31.2 Å². The summed E-state index contributed by atoms with van der Waals surface area (Å²) < 4.78 is 0. The molecule has 2 aromatic rings. The lowest BCUT2D eigenvalue weighted by Gasteiger charge is -2.34. The average molecular weight is 564 g/mol. The third kappa shape index (κ3) is 7.45. The fourth-order valence-electron chi connectivity index (χ4n) is 4.57. The van der Waals surface area contributed by atoms with Crippen LogP contribution in [0.15, 0.2) is 41.5 Å². The Morgan fingerprint density at radius 2 is 1.73 bits per heavy atom. The van der Waals surface area contributed by atoms with Gasteiger partial charge in [0.2, 0.25) is 0 Å². The summed E-state index contributed by atoms with van der Waals surface area (Å²) in [6, 6.07) is 11.0. The largest absolute Gasteiger partial charge is 0.357 e. The second kappa shape index (κ2) is 13.0. The van der Waals surface area contributed by atoms with E-state index in [-0.39, 0.29) is 24.0 Å². The van der Waals surface area contributed by atoms with Gasteiger partial charge in [0, 0.05) is 57.7 Å². The maximum Gasteiger partial charge on any atom is 0.191 e. The first-order valence-electron chi connectivity index (χ1n) is 12.1. The fourth-order valence-corrected chi connectivity index (χ4v) is 4.57. The van der Waals surface area contributed by atoms with Crippen LogP contribution in [0.3, 0.4) is 0 Å². The summed E-state index contributed by atoms with van der Waals surface area (Å²) in [6.45, 7) is 7.04. The summed E-state index contributed by atoms with van der Waals surface area (Å²) in [7, 11) is 1.84. The summed E-state index contributed by atoms with van der Waals surface area (Å²) in [6.07, 6.45) is 9.27. The summed E-state index contributed by atoms with van der Waals surface area (Å²) in [5, 5.41) is 7.10. The minimum absolute atomic E-state index is 0. The number of pyridine rings is 2. The van der Waals surface area contributed by atoms with Crippen molar-refractivity contribution in [3.8, 4) is 0 Å². The number of halogens is 1. The van der Waals surface area contributed by atoms with Gasteiger partial charge in [-0.2, -0.15) is 0 Å². The highest BCUT2D eigenvalue weighted by Crippen LogP contribution is 2.19. The molecule has 2 fully saturated rings. The summed E-state index contributed by atoms with van der Waals surface area (Å²) >= 11 is 0. The zero-order valence-corrected chi connectivity index (χ0v) is 22.3. The van der Waals surface area contributed by atoms with Crippen molar-refractivity contribution in [2.75, 3.05) is 43.0 Å². The number of nitrogens with one attached hydrogen (secondary N) is 2. The molecule has 0 amide bonds. The molecule has 2 N–H and O–H groups in total. The van der Waals surface area contributed by atoms with E-state index in [1.54, 1.807) is 0 Å². The Morgan fingerprint density at radius 1 is 1.00 bits per heavy atom. The monoisotopic (exact) mass is 563 g/mol. The summed E-state index contributed by atoms with van der Waals surface area (Å²) in [4.78, 5) is 18.6. The Morgan fingerprint density at radius 3 is 2.42 bits per heavy atom. The molecule has 0 aromatic carbocycles. The second-order valence-corrected chi connectivity index (χ2v) is 8.89. The smallest absolute Gasteiger partial charge is 0.191 e. The van der Waals surface area contributed by atoms with E-state index < -0.39 is 0 Å². The molecule has 0 bridgehead atoms. The number of anilines is 2. The van der Waals surface area contributed by atoms with Gasteiger partial charge in [0.1, 0.15) is 11.6 Å². The van der Waals surface area contributed by atoms with Crippen molar-refractivity contribution in [2.24, 2.45) is 4.99 Å². The minimum Gasteiger partial charge on any atom is -0.357 e. The molecule has 2 saturated heterocycles. The predicted octanol–water partition coefficient (Wildman–Crippen LogP) is 4.12. The molecule has 4 heterocycles. The van der Waals surface area contributed by atoms with Crippen LogP contribution in [0.25, 0.3) is 0 Å². The lowest BCUT2D eigenvalue weighted by molar-refractivity contribution is 0.459. The first-order chi connectivity index (χ1) is 15.7. The molecular weight excluding hydrogens is 525 g/mol. The van der Waals surface area contributed by atoms with Crippen molar-refractivity contribution in [2.45, 2.75) is 58.0 Å². The Labute approximate surface area is 215 Å². The first kappa shape index (κ1) is 25.5. The van der Waals surface area contributed by atoms with Crippen LogP contribution in [0.4, 0.5) is 11.6 Å². The molecule has 33 heavy (non-hydrogen) atoms. The number of nitrogens with zero attached hydrogens (tertiary/aromatic N) is 5. The zero-order chi connectivity index (χ0) is 22.2. The second-order valence-electron chi connectivity index (χ2n) is 8.89. The molecule has 8 heteroatoms. The molecule has 2 aliphatic heterocycles. The minimum atomic E-state index is 0. The maximum absolute atomic E-state index is 4.67. The summed E-state index contributed by atoms with van der Waals surface area (Å²) in [5.74, 6) is 3.06. The van der Waals surface area contributed by atoms with Crippen LogP contribution in [-0.4, -0.2) is 55.2 Å². The van der Waals surface area contributed by atoms with Crippen molar-refractivity contribution in [1.82, 2.24) is 20.6 Å². The Kier molecular flexibility index (Phi) is 10.0. The first-order valence-corrected chi connectivity index (χ1v) is 12.1. The highest BCUT2D eigenvalue weighted by Gasteiger charge is 2.21. The number of guanidine groups is 1. The fraction of sp³-hybridized carbons (Fsp3) is 0.560. The van der Waals surface area contributed by atoms with E-state index in [4.69, 9.17) is 0 Å². The van der Waals surface area contributed by atoms with Gasteiger partial charge < -0.3 is 20.4 Å². The van der Waals surface area contributed by atoms with Gasteiger partial charge in [-0.05, 0) is 62.4 Å². The Hall–Kier alpha value is -2.10. The van der Waals surface area contributed by atoms with E-state index in [2.05, 4.69) is 59.7 Å². The number of piperidine rings is 1. The van der Waals surface area contributed by atoms with Crippen molar-refractivity contribution in [3.63, 3.8) is 0 Å². The number of aromatic nitrogens is 2. The van der Waals surface area contributed by atoms with E-state index in [0.29, 0.717) is 6.04 Å². The zero-order valence-electron chi connectivity index (χ0n) is 20.0. The third-order valence-electron chi connectivity index (χ3n) is 6.46. The maximum atomic E-state index is 4.67. The van der Waals surface area contributed by atoms with Crippen molar-refractivity contribution in [3.05, 3.63) is 47.8 Å². The molecule has 0 aliphatic carbocycles. The number of rotatable bonds is 5. The van der Waals surface area contributed by atoms with Gasteiger partial charge in [0.05, 0.1) is 0 Å². The van der Waals surface area contributed by atoms with Gasteiger partial charge in [0.25, 0.3) is 0 Å². The third-order valence-corrected chi connectivity index (χ3v) is 6.46. The summed E-state index contributed by atoms with van der Waals surface area (Å²) in [5.41, 5.74) is 2.31. The predicted molar refractivity (Wildman–Crippen MR) is 148 cm³/mol. The molecular formula is C25H38IN7. The van der Waals surface area contributed by atoms with Crippen LogP contribution in [0.1, 0.15) is 49.8 Å². The standard InChI is InChI=1S/C25H37N7.HI/c1-20-8-7-9-23(29-20)32-16-11-22(12-17-32)30-25(26-2)28-19-21-10-13-27-24(18-21)31-14-5-3-4-6-15-31;/h7-10,13,18,22H,3-6,11-12,14-17,19H2,1-2H3,(H2,26,28,30);1H. The van der Waals surface area contributed by atoms with Gasteiger partial charge >= 0.3 is 0 Å². The van der Waals surface area contributed by atoms with Gasteiger partial charge in [0.15, 0.2) is 5.96 Å². The number of aliphatic imine (C=N–C) groups is 1. The SMILES string of the molecule is CN=C(NCc1ccnc(N2CCCCCC2)c1)NC1CCN(c2cccc(C)n2)CC1.I. The lowest BCUT2D eigenvalue weighted by atomic mass is 10.1. The molecule has 4 rings (SSSR count). The highest BCUT2D eigenvalue weighted by atomic mass is 127. The van der Waals surface area contributed by atoms with E-state index >= 15 is 0 Å². The Bertz CT molecular complexity index is 888. The molecule has 0 saturated carbocycles. The van der Waals surface area contributed by atoms with Crippen molar-refractivity contribution < 1.29 is 0 Å². The molecule has 2 aromatic heterocycles. The van der Waals surface area contributed by atoms with Gasteiger partial charge in [-0.25, -0.2) is 9.97 Å². The van der Waals surface area contributed by atoms with Crippen LogP contribution in [0.5, 0.6) is 0 Å². The molecule has 0 radical (unpaired) electrons. The van der Waals surface area contributed by atoms with Gasteiger partial charge in [-0.3, -0.25) is 4.99 Å². The number of hydrogen-bond acceptors (Lipinski definition) is 5. The molecule has 0 spiro atoms. The van der Waals surface area contributed by atoms with Gasteiger partial charge in [-0.1, -0.05) is 18.9 Å². The van der Waals surface area contributed by atoms with Gasteiger partial charge in [-0.15, -0.1) is 24.0 Å². The van der Waals surface area contributed by atoms with E-state index in [0.717, 1.165) is 68.9 Å². The topological polar surface area (TPSA) is 68.7 Å². The quantitative estimate of drug-likeness (QED) is 0.324. The van der Waals surface area contributed by atoms with E-state index in [1.807, 2.05) is 26.2 Å². The van der Waals surface area contributed by atoms with Crippen LogP contribution in [-0.2, 0) is 6.54 Å². The molecule has 180 valence electrons. The molecule has 7 nitrogen and oxygen atoms in total. The molecule has 2 aliphatic rings. The normalized spacial score (nSPS) is 17.8. The number of aryl methyl sites for hydroxylation is 1. The van der Waals surface area contributed by atoms with Crippen LogP contribution >= 0.6 is 24.0 Å².